The number of nitrogens with zero attached hydrogens (tertiary/aromatic N) is 2. The van der Waals surface area contributed by atoms with Crippen LogP contribution in [-0.4, -0.2) is 28.8 Å². The van der Waals surface area contributed by atoms with Crippen LogP contribution in [0.1, 0.15) is 28.9 Å². The highest BCUT2D eigenvalue weighted by atomic mass is 16.1. The number of amides is 1. The fraction of sp³-hybridized carbons (Fsp3) is 0.333. The van der Waals surface area contributed by atoms with Crippen LogP contribution in [0, 0.1) is 0 Å². The van der Waals surface area contributed by atoms with Crippen LogP contribution in [0.4, 0.5) is 0 Å². The van der Waals surface area contributed by atoms with Gasteiger partial charge in [0.1, 0.15) is 0 Å². The van der Waals surface area contributed by atoms with Gasteiger partial charge in [-0.2, -0.15) is 5.10 Å². The number of carbonyl (C=O) groups excluding carboxylic acids is 1. The molecule has 1 amide bonds. The van der Waals surface area contributed by atoms with E-state index in [1.807, 2.05) is 12.1 Å². The van der Waals surface area contributed by atoms with Crippen molar-refractivity contribution < 1.29 is 4.79 Å². The summed E-state index contributed by atoms with van der Waals surface area (Å²) < 4.78 is 1.71. The molecule has 104 valence electrons. The molecule has 5 heteroatoms. The molecule has 0 bridgehead atoms. The summed E-state index contributed by atoms with van der Waals surface area (Å²) in [4.78, 5) is 11.5. The summed E-state index contributed by atoms with van der Waals surface area (Å²) in [6.45, 7) is 0.910. The molecule has 20 heavy (non-hydrogen) atoms. The average molecular weight is 270 g/mol. The molecule has 0 radical (unpaired) electrons. The number of aromatic nitrogens is 2. The van der Waals surface area contributed by atoms with Crippen LogP contribution in [0.5, 0.6) is 0 Å². The lowest BCUT2D eigenvalue weighted by Gasteiger charge is -2.05. The van der Waals surface area contributed by atoms with Gasteiger partial charge in [-0.1, -0.05) is 12.1 Å². The number of benzene rings is 1. The van der Waals surface area contributed by atoms with E-state index in [1.165, 1.54) is 18.4 Å². The predicted molar refractivity (Wildman–Crippen MR) is 76.8 cm³/mol. The minimum Gasteiger partial charge on any atom is -0.354 e. The third-order valence-corrected chi connectivity index (χ3v) is 3.42. The molecule has 0 unspecified atom stereocenters. The van der Waals surface area contributed by atoms with Crippen LogP contribution in [0.25, 0.3) is 5.69 Å². The van der Waals surface area contributed by atoms with Crippen molar-refractivity contribution in [1.82, 2.24) is 20.4 Å². The van der Waals surface area contributed by atoms with Crippen LogP contribution in [0.15, 0.2) is 36.5 Å². The standard InChI is InChI=1S/C15H18N4O/c1-16-15(20)14-8-9-19(18-14)13-6-2-11(3-7-13)10-17-12-4-5-12/h2-3,6-9,12,17H,4-5,10H2,1H3,(H,16,20). The van der Waals surface area contributed by atoms with E-state index in [4.69, 9.17) is 0 Å². The Kier molecular flexibility index (Phi) is 3.52. The SMILES string of the molecule is CNC(=O)c1ccn(-c2ccc(CNC3CC3)cc2)n1. The Morgan fingerprint density at radius 1 is 1.30 bits per heavy atom. The van der Waals surface area contributed by atoms with E-state index < -0.39 is 0 Å². The van der Waals surface area contributed by atoms with Crippen molar-refractivity contribution in [2.45, 2.75) is 25.4 Å². The van der Waals surface area contributed by atoms with Crippen molar-refractivity contribution in [2.24, 2.45) is 0 Å². The normalized spacial score (nSPS) is 14.2. The summed E-state index contributed by atoms with van der Waals surface area (Å²) in [5.74, 6) is -0.172. The van der Waals surface area contributed by atoms with Crippen LogP contribution in [0.3, 0.4) is 0 Å². The molecule has 0 spiro atoms. The molecule has 1 fully saturated rings. The van der Waals surface area contributed by atoms with Crippen molar-refractivity contribution in [2.75, 3.05) is 7.05 Å². The maximum absolute atomic E-state index is 11.5. The van der Waals surface area contributed by atoms with Gasteiger partial charge in [0, 0.05) is 25.8 Å². The summed E-state index contributed by atoms with van der Waals surface area (Å²) in [6.07, 6.45) is 4.39. The quantitative estimate of drug-likeness (QED) is 0.865. The molecule has 5 nitrogen and oxygen atoms in total. The van der Waals surface area contributed by atoms with Crippen molar-refractivity contribution in [1.29, 1.82) is 0 Å². The molecular weight excluding hydrogens is 252 g/mol. The Hall–Kier alpha value is -2.14. The lowest BCUT2D eigenvalue weighted by atomic mass is 10.2. The third kappa shape index (κ3) is 2.88. The smallest absolute Gasteiger partial charge is 0.271 e. The average Bonchev–Trinajstić information content (AvgIpc) is 3.19. The number of hydrogen-bond donors (Lipinski definition) is 2. The van der Waals surface area contributed by atoms with E-state index in [-0.39, 0.29) is 5.91 Å². The van der Waals surface area contributed by atoms with Gasteiger partial charge in [-0.15, -0.1) is 0 Å². The maximum Gasteiger partial charge on any atom is 0.271 e. The molecule has 1 aliphatic carbocycles. The van der Waals surface area contributed by atoms with Gasteiger partial charge in [0.05, 0.1) is 5.69 Å². The van der Waals surface area contributed by atoms with Gasteiger partial charge >= 0.3 is 0 Å². The molecule has 2 aromatic rings. The molecule has 1 heterocycles. The van der Waals surface area contributed by atoms with Crippen LogP contribution < -0.4 is 10.6 Å². The second-order valence-corrected chi connectivity index (χ2v) is 5.05. The molecule has 1 saturated carbocycles. The van der Waals surface area contributed by atoms with Gasteiger partial charge < -0.3 is 10.6 Å². The van der Waals surface area contributed by atoms with E-state index in [2.05, 4.69) is 27.9 Å². The van der Waals surface area contributed by atoms with Gasteiger partial charge in [-0.05, 0) is 36.6 Å². The van der Waals surface area contributed by atoms with Gasteiger partial charge in [0.25, 0.3) is 5.91 Å². The zero-order valence-electron chi connectivity index (χ0n) is 11.5. The Bertz CT molecular complexity index is 599. The van der Waals surface area contributed by atoms with E-state index >= 15 is 0 Å². The number of hydrogen-bond acceptors (Lipinski definition) is 3. The highest BCUT2D eigenvalue weighted by molar-refractivity contribution is 5.91. The topological polar surface area (TPSA) is 59.0 Å². The van der Waals surface area contributed by atoms with E-state index in [0.717, 1.165) is 18.3 Å². The predicted octanol–water partition coefficient (Wildman–Crippen LogP) is 1.48. The zero-order chi connectivity index (χ0) is 13.9. The van der Waals surface area contributed by atoms with E-state index in [9.17, 15) is 4.79 Å². The molecule has 0 aliphatic heterocycles. The Labute approximate surface area is 118 Å². The van der Waals surface area contributed by atoms with Gasteiger partial charge in [-0.3, -0.25) is 4.79 Å². The molecular formula is C15H18N4O. The molecule has 1 aromatic carbocycles. The van der Waals surface area contributed by atoms with Crippen molar-refractivity contribution >= 4 is 5.91 Å². The minimum absolute atomic E-state index is 0.172. The first-order chi connectivity index (χ1) is 9.76. The molecule has 1 aliphatic rings. The third-order valence-electron chi connectivity index (χ3n) is 3.42. The summed E-state index contributed by atoms with van der Waals surface area (Å²) in [6, 6.07) is 10.6. The van der Waals surface area contributed by atoms with Crippen molar-refractivity contribution in [3.8, 4) is 5.69 Å². The second-order valence-electron chi connectivity index (χ2n) is 5.05. The zero-order valence-corrected chi connectivity index (χ0v) is 11.5. The van der Waals surface area contributed by atoms with E-state index in [1.54, 1.807) is 24.0 Å². The lowest BCUT2D eigenvalue weighted by Crippen LogP contribution is -2.18. The fourth-order valence-corrected chi connectivity index (χ4v) is 2.03. The van der Waals surface area contributed by atoms with Gasteiger partial charge in [0.15, 0.2) is 5.69 Å². The summed E-state index contributed by atoms with van der Waals surface area (Å²) >= 11 is 0. The van der Waals surface area contributed by atoms with Crippen LogP contribution >= 0.6 is 0 Å². The van der Waals surface area contributed by atoms with E-state index in [0.29, 0.717) is 5.69 Å². The van der Waals surface area contributed by atoms with Gasteiger partial charge in [0.2, 0.25) is 0 Å². The monoisotopic (exact) mass is 270 g/mol. The number of nitrogens with one attached hydrogen (secondary N) is 2. The lowest BCUT2D eigenvalue weighted by molar-refractivity contribution is 0.0957. The maximum atomic E-state index is 11.5. The first-order valence-electron chi connectivity index (χ1n) is 6.87. The van der Waals surface area contributed by atoms with Crippen LogP contribution in [-0.2, 0) is 6.54 Å². The first kappa shape index (κ1) is 12.9. The summed E-state index contributed by atoms with van der Waals surface area (Å²) in [5, 5.41) is 10.3. The van der Waals surface area contributed by atoms with Crippen molar-refractivity contribution in [3.05, 3.63) is 47.8 Å². The Morgan fingerprint density at radius 2 is 2.05 bits per heavy atom. The Morgan fingerprint density at radius 3 is 2.70 bits per heavy atom. The first-order valence-corrected chi connectivity index (χ1v) is 6.87. The second kappa shape index (κ2) is 5.46. The fourth-order valence-electron chi connectivity index (χ4n) is 2.03. The molecule has 1 aromatic heterocycles. The van der Waals surface area contributed by atoms with Crippen LogP contribution in [0.2, 0.25) is 0 Å². The number of carbonyl (C=O) groups is 1. The van der Waals surface area contributed by atoms with Gasteiger partial charge in [-0.25, -0.2) is 4.68 Å². The van der Waals surface area contributed by atoms with Crippen molar-refractivity contribution in [3.63, 3.8) is 0 Å². The largest absolute Gasteiger partial charge is 0.354 e. The molecule has 3 rings (SSSR count). The molecule has 0 saturated heterocycles. The summed E-state index contributed by atoms with van der Waals surface area (Å²) in [7, 11) is 1.60. The molecule has 0 atom stereocenters. The highest BCUT2D eigenvalue weighted by Crippen LogP contribution is 2.19. The minimum atomic E-state index is -0.172. The molecule has 2 N–H and O–H groups in total. The highest BCUT2D eigenvalue weighted by Gasteiger charge is 2.19. The number of rotatable bonds is 5. The summed E-state index contributed by atoms with van der Waals surface area (Å²) in [5.41, 5.74) is 2.64. The Balaban J connectivity index is 1.69.